The minimum atomic E-state index is 0.188. The highest BCUT2D eigenvalue weighted by Crippen LogP contribution is 2.56. The van der Waals surface area contributed by atoms with Crippen LogP contribution in [0.2, 0.25) is 0 Å². The van der Waals surface area contributed by atoms with E-state index in [0.717, 1.165) is 25.8 Å². The van der Waals surface area contributed by atoms with Gasteiger partial charge in [0.1, 0.15) is 12.7 Å². The first-order valence-electron chi connectivity index (χ1n) is 52.6. The van der Waals surface area contributed by atoms with Gasteiger partial charge < -0.3 is 0 Å². The van der Waals surface area contributed by atoms with Crippen LogP contribution in [0.25, 0.3) is 0 Å². The van der Waals surface area contributed by atoms with Crippen LogP contribution in [-0.4, -0.2) is 83.2 Å². The second-order valence-corrected chi connectivity index (χ2v) is 57.1. The van der Waals surface area contributed by atoms with Gasteiger partial charge in [0.15, 0.2) is 0 Å². The van der Waals surface area contributed by atoms with Crippen molar-refractivity contribution in [2.45, 2.75) is 442 Å². The second-order valence-electron chi connectivity index (χ2n) is 57.1. The van der Waals surface area contributed by atoms with Crippen LogP contribution in [0.15, 0.2) is 255 Å². The first-order chi connectivity index (χ1) is 65.5. The van der Waals surface area contributed by atoms with Gasteiger partial charge in [0.05, 0.1) is 29.3 Å². The lowest BCUT2D eigenvalue weighted by atomic mass is 9.79. The number of hydrogen-bond acceptors (Lipinski definition) is 14. The number of aromatic nitrogens is 14. The third kappa shape index (κ3) is 46.4. The fourth-order valence-electron chi connectivity index (χ4n) is 20.8. The Bertz CT molecular complexity index is 4450. The Balaban J connectivity index is 0.000000399. The topological polar surface area (TPSA) is 196 Å². The Morgan fingerprint density at radius 3 is 0.868 bits per heavy atom. The van der Waals surface area contributed by atoms with Gasteiger partial charge in [0.25, 0.3) is 0 Å². The third-order valence-electron chi connectivity index (χ3n) is 24.2. The van der Waals surface area contributed by atoms with Crippen LogP contribution in [0.5, 0.6) is 0 Å². The summed E-state index contributed by atoms with van der Waals surface area (Å²) in [6, 6.07) is 48.7. The number of rotatable bonds is 0. The fraction of sp³-hybridized carbons (Fsp3) is 0.581. The molecule has 1 N–H and O–H groups in total. The number of pyridine rings is 2. The molecular weight excluding hydrogens is 1760 g/mol. The van der Waals surface area contributed by atoms with Crippen LogP contribution in [0.1, 0.15) is 445 Å². The zero-order chi connectivity index (χ0) is 110. The van der Waals surface area contributed by atoms with Crippen molar-refractivity contribution >= 4 is 6.21 Å². The largest absolute Gasteiger partial charge is 0.288 e. The molecule has 0 spiro atoms. The average Bonchev–Trinajstić information content (AvgIpc) is 1.58. The lowest BCUT2D eigenvalue weighted by Gasteiger charge is -2.25. The van der Waals surface area contributed by atoms with E-state index in [1.54, 1.807) is 84.9 Å². The summed E-state index contributed by atoms with van der Waals surface area (Å²) < 4.78 is 0. The normalized spacial score (nSPS) is 18.5. The van der Waals surface area contributed by atoms with Gasteiger partial charge in [0.2, 0.25) is 0 Å². The Morgan fingerprint density at radius 2 is 0.542 bits per heavy atom. The predicted molar refractivity (Wildman–Crippen MR) is 619 cm³/mol. The molecule has 3 aromatic carbocycles. The maximum atomic E-state index is 4.51. The van der Waals surface area contributed by atoms with E-state index in [-0.39, 0.29) is 37.9 Å². The predicted octanol–water partition coefficient (Wildman–Crippen LogP) is 34.9. The summed E-state index contributed by atoms with van der Waals surface area (Å²) in [7, 11) is 0. The summed E-state index contributed by atoms with van der Waals surface area (Å²) in [5, 5.41) is 21.5. The molecule has 0 bridgehead atoms. The molecule has 0 fully saturated rings. The number of benzene rings is 3. The summed E-state index contributed by atoms with van der Waals surface area (Å²) in [6.07, 6.45) is 37.0. The minimum absolute atomic E-state index is 0.188. The fourth-order valence-corrected chi connectivity index (χ4v) is 20.8. The van der Waals surface area contributed by atoms with E-state index in [4.69, 9.17) is 0 Å². The molecule has 0 saturated heterocycles. The quantitative estimate of drug-likeness (QED) is 0.151. The number of nitrogens with one attached hydrogen (secondary N) is 1. The summed E-state index contributed by atoms with van der Waals surface area (Å²) in [6.45, 7) is 109. The molecule has 0 radical (unpaired) electrons. The number of fused-ring (bicyclic) bond motifs is 6. The summed E-state index contributed by atoms with van der Waals surface area (Å²) in [5.41, 5.74) is 25.7. The Labute approximate surface area is 880 Å². The third-order valence-corrected chi connectivity index (χ3v) is 24.2. The molecule has 15 heteroatoms. The van der Waals surface area contributed by atoms with E-state index in [1.165, 1.54) is 93.9 Å². The molecule has 15 nitrogen and oxygen atoms in total. The molecule has 0 atom stereocenters. The number of nitrogens with zero attached hydrogens (tertiary/aromatic N) is 14. The molecule has 792 valence electrons. The van der Waals surface area contributed by atoms with Gasteiger partial charge in [-0.1, -0.05) is 435 Å². The highest BCUT2D eigenvalue weighted by Gasteiger charge is 2.49. The zero-order valence-corrected chi connectivity index (χ0v) is 100. The number of hydrogen-bond donors (Lipinski definition) is 1. The molecule has 8 aliphatic rings. The summed E-state index contributed by atoms with van der Waals surface area (Å²) in [5.74, 6) is 0. The van der Waals surface area contributed by atoms with Crippen molar-refractivity contribution in [1.82, 2.24) is 70.5 Å². The highest BCUT2D eigenvalue weighted by atomic mass is 15.1. The molecule has 1 aliphatic heterocycles. The minimum Gasteiger partial charge on any atom is -0.288 e. The molecule has 19 rings (SSSR count). The van der Waals surface area contributed by atoms with Crippen LogP contribution >= 0.6 is 0 Å². The highest BCUT2D eigenvalue weighted by molar-refractivity contribution is 5.86. The van der Waals surface area contributed by atoms with Gasteiger partial charge >= 0.3 is 0 Å². The van der Waals surface area contributed by atoms with E-state index in [9.17, 15) is 0 Å². The number of aromatic amines is 1. The second kappa shape index (κ2) is 53.0. The van der Waals surface area contributed by atoms with Crippen molar-refractivity contribution in [1.29, 1.82) is 0 Å². The first kappa shape index (κ1) is 128. The van der Waals surface area contributed by atoms with Crippen molar-refractivity contribution in [2.24, 2.45) is 42.9 Å². The molecule has 0 amide bonds. The molecule has 0 saturated carbocycles. The standard InChI is InChI=1S/C13H18.2C12H17N.3C11H16N2.C11H17N.2C6H6.5C5H12.2C4H4N2.C3H4N2/c1-12(2)9-13(3,4)11-8-6-5-7-10(11)12;1-11(2)8-12(3,4)10-7-13-6-5-9(10)11;1-11(2)8-12(3,4)10-9(11)6-5-7-13-10;1-10(2)6-11(3,4)9-8(10)5-12-7-13-9;1-10(2)7-11(3,4)9-8(10)12-5-6-13-9;1-10(2)7-11(3,4)9-8(10)5-6-12-13-9;1-10(2)7-11(3,4)9-6-12-5-8(9)10;2*1-2-4-6-5-3-1;5*1-5(2,3)4;1-2-5-4-6-3-1;1-2-4-6-5-3-1;1-2-4-5-3-1/h5-8H,9H2,1-4H3;2*5-7H,8H2,1-4H3;5,7H,6H2,1-4H3;2*5-6H,7H2,1-4H3;5H,6-7H2,1-4H3;2*1-6H;5*1-4H3;2*1-4H;1-3H,(H,4,5). The molecular formula is C129H201N15. The molecule has 144 heavy (non-hydrogen) atoms. The Morgan fingerprint density at radius 1 is 0.222 bits per heavy atom. The van der Waals surface area contributed by atoms with E-state index in [2.05, 4.69) is 456 Å². The van der Waals surface area contributed by atoms with Crippen LogP contribution in [0, 0.1) is 37.9 Å². The van der Waals surface area contributed by atoms with Crippen LogP contribution in [0.4, 0.5) is 0 Å². The lowest BCUT2D eigenvalue weighted by Crippen LogP contribution is -2.18. The van der Waals surface area contributed by atoms with Crippen molar-refractivity contribution in [3.05, 3.63) is 317 Å². The maximum Gasteiger partial charge on any atom is 0.115 e. The molecule has 8 aromatic heterocycles. The lowest BCUT2D eigenvalue weighted by molar-refractivity contribution is 0.318. The van der Waals surface area contributed by atoms with Crippen molar-refractivity contribution in [3.63, 3.8) is 0 Å². The van der Waals surface area contributed by atoms with Crippen molar-refractivity contribution < 1.29 is 0 Å². The van der Waals surface area contributed by atoms with Gasteiger partial charge in [-0.15, -0.1) is 0 Å². The van der Waals surface area contributed by atoms with E-state index in [1.807, 2.05) is 122 Å². The first-order valence-corrected chi connectivity index (χ1v) is 52.6. The van der Waals surface area contributed by atoms with Gasteiger partial charge in [-0.3, -0.25) is 30.0 Å². The molecule has 0 unspecified atom stereocenters. The monoisotopic (exact) mass is 1960 g/mol. The average molecular weight is 1960 g/mol. The van der Waals surface area contributed by atoms with Crippen molar-refractivity contribution in [3.8, 4) is 0 Å². The SMILES string of the molecule is CC(C)(C)C.CC(C)(C)C.CC(C)(C)C.CC(C)(C)C.CC(C)(C)C.CC1(C)CC(C)(C)C2=C1C=NC2.CC1(C)CC(C)(C)c2ccccc21.CC1(C)CC(C)(C)c2cnccc21.CC1(C)CC(C)(C)c2ncccc21.CC1(C)CC(C)(C)c2nccnc21.CC1(C)CC(C)(C)c2ncncc21.CC1(C)CC(C)(C)c2nnccc21.c1ccccc1.c1ccccc1.c1ccnnc1.c1cn[nH]c1.c1cncnc1. The van der Waals surface area contributed by atoms with E-state index in [0.29, 0.717) is 65.0 Å². The number of aliphatic imine (C=N–C) groups is 1. The zero-order valence-electron chi connectivity index (χ0n) is 100. The maximum absolute atomic E-state index is 4.51. The van der Waals surface area contributed by atoms with Gasteiger partial charge in [-0.05, 0) is 213 Å². The Hall–Kier alpha value is -10.0. The summed E-state index contributed by atoms with van der Waals surface area (Å²) >= 11 is 0. The molecule has 11 aromatic rings. The van der Waals surface area contributed by atoms with Gasteiger partial charge in [0, 0.05) is 120 Å². The molecule has 7 aliphatic carbocycles. The number of H-pyrrole nitrogens is 1. The van der Waals surface area contributed by atoms with Crippen LogP contribution in [0.3, 0.4) is 0 Å². The smallest absolute Gasteiger partial charge is 0.115 e. The van der Waals surface area contributed by atoms with E-state index >= 15 is 0 Å². The van der Waals surface area contributed by atoms with Crippen LogP contribution in [-0.2, 0) is 65.0 Å². The van der Waals surface area contributed by atoms with Gasteiger partial charge in [-0.25, -0.2) is 19.9 Å². The van der Waals surface area contributed by atoms with Crippen molar-refractivity contribution in [2.75, 3.05) is 6.54 Å². The summed E-state index contributed by atoms with van der Waals surface area (Å²) in [4.78, 5) is 37.8. The van der Waals surface area contributed by atoms with E-state index < -0.39 is 0 Å². The van der Waals surface area contributed by atoms with Gasteiger partial charge in [-0.2, -0.15) is 25.5 Å². The Kier molecular flexibility index (Phi) is 47.2. The molecule has 9 heterocycles. The van der Waals surface area contributed by atoms with Crippen LogP contribution < -0.4 is 0 Å². The number of allylic oxidation sites excluding steroid dienone is 1.